The number of para-hydroxylation sites is 2. The molecule has 0 aliphatic carbocycles. The maximum Gasteiger partial charge on any atom is 0.227 e. The van der Waals surface area contributed by atoms with Gasteiger partial charge in [0.1, 0.15) is 11.1 Å². The van der Waals surface area contributed by atoms with Crippen molar-refractivity contribution in [3.8, 4) is 33.7 Å². The van der Waals surface area contributed by atoms with Gasteiger partial charge >= 0.3 is 0 Å². The van der Waals surface area contributed by atoms with Gasteiger partial charge in [-0.2, -0.15) is 0 Å². The molecule has 7 aromatic carbocycles. The van der Waals surface area contributed by atoms with Crippen LogP contribution in [0.25, 0.3) is 66.7 Å². The third-order valence-corrected chi connectivity index (χ3v) is 8.71. The fourth-order valence-corrected chi connectivity index (χ4v) is 6.46. The van der Waals surface area contributed by atoms with Crippen molar-refractivity contribution in [3.63, 3.8) is 0 Å². The Balaban J connectivity index is 1.24. The Kier molecular flexibility index (Phi) is 6.43. The van der Waals surface area contributed by atoms with Crippen molar-refractivity contribution < 1.29 is 8.83 Å². The van der Waals surface area contributed by atoms with Gasteiger partial charge in [-0.15, -0.1) is 0 Å². The molecule has 9 aromatic rings. The number of nitrogens with zero attached hydrogens (tertiary/aromatic N) is 2. The van der Waals surface area contributed by atoms with Crippen molar-refractivity contribution in [1.29, 1.82) is 0 Å². The van der Waals surface area contributed by atoms with Gasteiger partial charge in [0, 0.05) is 33.7 Å². The van der Waals surface area contributed by atoms with Crippen molar-refractivity contribution in [2.24, 2.45) is 0 Å². The van der Waals surface area contributed by atoms with Crippen LogP contribution in [0, 0.1) is 0 Å². The van der Waals surface area contributed by atoms with Crippen molar-refractivity contribution in [2.45, 2.75) is 0 Å². The molecule has 0 bridgehead atoms. The van der Waals surface area contributed by atoms with Gasteiger partial charge in [-0.05, 0) is 59.2 Å². The lowest BCUT2D eigenvalue weighted by Gasteiger charge is -2.28. The summed E-state index contributed by atoms with van der Waals surface area (Å²) >= 11 is 0. The monoisotopic (exact) mass is 604 g/mol. The highest BCUT2D eigenvalue weighted by molar-refractivity contribution is 6.13. The molecule has 2 aromatic heterocycles. The highest BCUT2D eigenvalue weighted by Gasteiger charge is 2.22. The summed E-state index contributed by atoms with van der Waals surface area (Å²) in [5, 5.41) is 2.02. The Morgan fingerprint density at radius 2 is 1.04 bits per heavy atom. The number of anilines is 3. The molecule has 0 unspecified atom stereocenters. The van der Waals surface area contributed by atoms with E-state index in [1.807, 2.05) is 42.5 Å². The lowest BCUT2D eigenvalue weighted by atomic mass is 10.0. The summed E-state index contributed by atoms with van der Waals surface area (Å²) in [7, 11) is 0. The van der Waals surface area contributed by atoms with E-state index in [2.05, 4.69) is 132 Å². The number of rotatable bonds is 6. The number of hydrogen-bond donors (Lipinski definition) is 0. The number of fused-ring (bicyclic) bond motifs is 4. The van der Waals surface area contributed by atoms with E-state index in [0.717, 1.165) is 66.8 Å². The highest BCUT2D eigenvalue weighted by Crippen LogP contribution is 2.46. The highest BCUT2D eigenvalue weighted by atomic mass is 16.4. The smallest absolute Gasteiger partial charge is 0.227 e. The summed E-state index contributed by atoms with van der Waals surface area (Å²) in [5.74, 6) is 0.598. The zero-order chi connectivity index (χ0) is 31.2. The first-order chi connectivity index (χ1) is 23.3. The lowest BCUT2D eigenvalue weighted by Crippen LogP contribution is -2.11. The maximum atomic E-state index is 6.74. The predicted octanol–water partition coefficient (Wildman–Crippen LogP) is 12.2. The quantitative estimate of drug-likeness (QED) is 0.189. The molecule has 4 heteroatoms. The fraction of sp³-hybridized carbons (Fsp3) is 0. The van der Waals surface area contributed by atoms with Crippen molar-refractivity contribution >= 4 is 50.1 Å². The number of aromatic nitrogens is 1. The van der Waals surface area contributed by atoms with Gasteiger partial charge in [-0.3, -0.25) is 0 Å². The van der Waals surface area contributed by atoms with Crippen LogP contribution in [0.4, 0.5) is 17.1 Å². The van der Waals surface area contributed by atoms with Crippen molar-refractivity contribution in [2.75, 3.05) is 4.90 Å². The van der Waals surface area contributed by atoms with Crippen LogP contribution in [-0.4, -0.2) is 4.98 Å². The molecule has 222 valence electrons. The second-order valence-electron chi connectivity index (χ2n) is 11.6. The van der Waals surface area contributed by atoms with E-state index in [-0.39, 0.29) is 0 Å². The Hall–Kier alpha value is -6.39. The molecule has 0 fully saturated rings. The molecule has 2 heterocycles. The summed E-state index contributed by atoms with van der Waals surface area (Å²) in [6.45, 7) is 0. The molecule has 0 aliphatic rings. The van der Waals surface area contributed by atoms with Gasteiger partial charge in [-0.25, -0.2) is 4.98 Å². The molecule has 0 N–H and O–H groups in total. The van der Waals surface area contributed by atoms with Crippen LogP contribution >= 0.6 is 0 Å². The van der Waals surface area contributed by atoms with Gasteiger partial charge in [0.25, 0.3) is 0 Å². The van der Waals surface area contributed by atoms with Crippen LogP contribution in [0.1, 0.15) is 0 Å². The van der Waals surface area contributed by atoms with Gasteiger partial charge in [-0.1, -0.05) is 121 Å². The Morgan fingerprint density at radius 1 is 0.426 bits per heavy atom. The zero-order valence-corrected chi connectivity index (χ0v) is 25.4. The lowest BCUT2D eigenvalue weighted by molar-refractivity contribution is 0.617. The van der Waals surface area contributed by atoms with E-state index in [1.54, 1.807) is 0 Å². The third-order valence-electron chi connectivity index (χ3n) is 8.71. The molecule has 0 spiro atoms. The van der Waals surface area contributed by atoms with Gasteiger partial charge in [0.05, 0.1) is 11.4 Å². The predicted molar refractivity (Wildman–Crippen MR) is 192 cm³/mol. The van der Waals surface area contributed by atoms with Crippen molar-refractivity contribution in [1.82, 2.24) is 4.98 Å². The molecule has 0 radical (unpaired) electrons. The molecule has 0 saturated heterocycles. The molecular weight excluding hydrogens is 576 g/mol. The van der Waals surface area contributed by atoms with Crippen LogP contribution in [0.2, 0.25) is 0 Å². The van der Waals surface area contributed by atoms with Crippen LogP contribution in [0.3, 0.4) is 0 Å². The standard InChI is InChI=1S/C43H28N2O2/c1-4-13-29(14-5-1)30-23-25-33(26-24-30)45(38-21-11-10-19-34(38)31-15-6-2-7-16-31)39-22-12-20-35-36-27-37-41(28-40(36)46-42(35)39)47-43(44-37)32-17-8-3-9-18-32/h1-28H. The summed E-state index contributed by atoms with van der Waals surface area (Å²) in [6.07, 6.45) is 0. The van der Waals surface area contributed by atoms with E-state index in [1.165, 1.54) is 5.56 Å². The second kappa shape index (κ2) is 11.2. The Labute approximate surface area is 271 Å². The number of hydrogen-bond acceptors (Lipinski definition) is 4. The molecule has 0 aliphatic heterocycles. The fourth-order valence-electron chi connectivity index (χ4n) is 6.46. The van der Waals surface area contributed by atoms with Gasteiger partial charge in [0.2, 0.25) is 5.89 Å². The van der Waals surface area contributed by atoms with Crippen LogP contribution < -0.4 is 4.90 Å². The van der Waals surface area contributed by atoms with Crippen molar-refractivity contribution in [3.05, 3.63) is 170 Å². The zero-order valence-electron chi connectivity index (χ0n) is 25.4. The van der Waals surface area contributed by atoms with Gasteiger partial charge in [0.15, 0.2) is 11.2 Å². The van der Waals surface area contributed by atoms with E-state index in [9.17, 15) is 0 Å². The normalized spacial score (nSPS) is 11.4. The van der Waals surface area contributed by atoms with E-state index in [0.29, 0.717) is 11.5 Å². The topological polar surface area (TPSA) is 42.4 Å². The first-order valence-electron chi connectivity index (χ1n) is 15.7. The third kappa shape index (κ3) is 4.75. The first kappa shape index (κ1) is 27.0. The number of oxazole rings is 1. The average Bonchev–Trinajstić information content (AvgIpc) is 3.73. The summed E-state index contributed by atoms with van der Waals surface area (Å²) in [6, 6.07) is 58.7. The molecule has 0 saturated carbocycles. The minimum absolute atomic E-state index is 0.598. The molecule has 0 amide bonds. The van der Waals surface area contributed by atoms with E-state index < -0.39 is 0 Å². The SMILES string of the molecule is c1ccc(-c2ccc(N(c3ccccc3-c3ccccc3)c3cccc4c3oc3cc5oc(-c6ccccc6)nc5cc34)cc2)cc1. The average molecular weight is 605 g/mol. The Bertz CT molecular complexity index is 2500. The van der Waals surface area contributed by atoms with Gasteiger partial charge < -0.3 is 13.7 Å². The molecule has 47 heavy (non-hydrogen) atoms. The Morgan fingerprint density at radius 3 is 1.79 bits per heavy atom. The molecule has 0 atom stereocenters. The second-order valence-corrected chi connectivity index (χ2v) is 11.6. The van der Waals surface area contributed by atoms with Crippen LogP contribution in [0.15, 0.2) is 179 Å². The summed E-state index contributed by atoms with van der Waals surface area (Å²) in [5.41, 5.74) is 11.6. The van der Waals surface area contributed by atoms with Crippen LogP contribution in [0.5, 0.6) is 0 Å². The maximum absolute atomic E-state index is 6.74. The summed E-state index contributed by atoms with van der Waals surface area (Å²) < 4.78 is 12.9. The van der Waals surface area contributed by atoms with Crippen LogP contribution in [-0.2, 0) is 0 Å². The first-order valence-corrected chi connectivity index (χ1v) is 15.7. The largest absolute Gasteiger partial charge is 0.454 e. The van der Waals surface area contributed by atoms with E-state index in [4.69, 9.17) is 13.8 Å². The number of benzene rings is 7. The molecule has 4 nitrogen and oxygen atoms in total. The molecule has 9 rings (SSSR count). The minimum atomic E-state index is 0.598. The van der Waals surface area contributed by atoms with E-state index >= 15 is 0 Å². The number of furan rings is 1. The summed E-state index contributed by atoms with van der Waals surface area (Å²) in [4.78, 5) is 7.14. The minimum Gasteiger partial charge on any atom is -0.454 e. The molecular formula is C43H28N2O2.